The molecule has 0 spiro atoms. The van der Waals surface area contributed by atoms with E-state index in [4.69, 9.17) is 28.4 Å². The molecule has 0 bridgehead atoms. The first kappa shape index (κ1) is 19.3. The molecule has 4 rings (SSSR count). The zero-order valence-corrected chi connectivity index (χ0v) is 16.9. The number of hydrogen-bond donors (Lipinski definition) is 0. The second-order valence-corrected chi connectivity index (χ2v) is 6.66. The Bertz CT molecular complexity index is 879. The minimum atomic E-state index is 0.256. The monoisotopic (exact) mass is 399 g/mol. The topological polar surface area (TPSA) is 58.6 Å². The van der Waals surface area contributed by atoms with Gasteiger partial charge < -0.3 is 33.3 Å². The van der Waals surface area contributed by atoms with Crippen LogP contribution in [-0.2, 0) is 4.74 Å². The van der Waals surface area contributed by atoms with E-state index in [9.17, 15) is 0 Å². The van der Waals surface area contributed by atoms with E-state index in [1.54, 1.807) is 21.3 Å². The van der Waals surface area contributed by atoms with Crippen molar-refractivity contribution in [3.05, 3.63) is 41.5 Å². The van der Waals surface area contributed by atoms with Gasteiger partial charge in [0.25, 0.3) is 0 Å². The van der Waals surface area contributed by atoms with Crippen LogP contribution in [0.4, 0.5) is 0 Å². The van der Waals surface area contributed by atoms with E-state index in [2.05, 4.69) is 11.0 Å². The van der Waals surface area contributed by atoms with E-state index in [1.807, 2.05) is 30.3 Å². The average Bonchev–Trinajstić information content (AvgIpc) is 3.25. The van der Waals surface area contributed by atoms with Crippen molar-refractivity contribution in [1.29, 1.82) is 0 Å². The number of rotatable bonds is 6. The Morgan fingerprint density at radius 1 is 0.897 bits per heavy atom. The Hall–Kier alpha value is -3.06. The largest absolute Gasteiger partial charge is 0.493 e. The van der Waals surface area contributed by atoms with Crippen molar-refractivity contribution in [2.45, 2.75) is 0 Å². The van der Waals surface area contributed by atoms with E-state index < -0.39 is 0 Å². The highest BCUT2D eigenvalue weighted by molar-refractivity contribution is 5.83. The van der Waals surface area contributed by atoms with Gasteiger partial charge in [-0.1, -0.05) is 6.07 Å². The number of benzene rings is 2. The molecule has 7 heteroatoms. The van der Waals surface area contributed by atoms with Gasteiger partial charge in [0.1, 0.15) is 0 Å². The second kappa shape index (κ2) is 8.53. The van der Waals surface area contributed by atoms with Gasteiger partial charge in [-0.2, -0.15) is 0 Å². The van der Waals surface area contributed by atoms with Crippen molar-refractivity contribution in [2.24, 2.45) is 0 Å². The molecule has 2 aliphatic heterocycles. The third-order valence-electron chi connectivity index (χ3n) is 5.01. The Morgan fingerprint density at radius 3 is 2.24 bits per heavy atom. The summed E-state index contributed by atoms with van der Waals surface area (Å²) in [6.07, 6.45) is 2.13. The van der Waals surface area contributed by atoms with Crippen LogP contribution in [0.15, 0.2) is 30.3 Å². The standard InChI is InChI=1S/C22H25NO6/c1-24-20-12-16(13-21(25-2)22(20)26-3)17(23-6-8-27-9-7-23)10-15-4-5-18-19(11-15)29-14-28-18/h4-5,10-13H,6-9,14H2,1-3H3/b17-10-. The molecule has 29 heavy (non-hydrogen) atoms. The molecule has 0 saturated carbocycles. The minimum Gasteiger partial charge on any atom is -0.493 e. The first-order valence-corrected chi connectivity index (χ1v) is 9.48. The van der Waals surface area contributed by atoms with Gasteiger partial charge >= 0.3 is 0 Å². The zero-order valence-electron chi connectivity index (χ0n) is 16.9. The van der Waals surface area contributed by atoms with Gasteiger partial charge in [-0.25, -0.2) is 0 Å². The third-order valence-corrected chi connectivity index (χ3v) is 5.01. The Labute approximate surface area is 170 Å². The molecule has 1 saturated heterocycles. The number of nitrogens with zero attached hydrogens (tertiary/aromatic N) is 1. The first-order valence-electron chi connectivity index (χ1n) is 9.48. The number of fused-ring (bicyclic) bond motifs is 1. The summed E-state index contributed by atoms with van der Waals surface area (Å²) in [4.78, 5) is 2.30. The molecule has 2 aromatic carbocycles. The van der Waals surface area contributed by atoms with Gasteiger partial charge in [-0.15, -0.1) is 0 Å². The minimum absolute atomic E-state index is 0.256. The molecule has 0 aromatic heterocycles. The highest BCUT2D eigenvalue weighted by atomic mass is 16.7. The summed E-state index contributed by atoms with van der Waals surface area (Å²) in [6, 6.07) is 9.87. The van der Waals surface area contributed by atoms with Crippen LogP contribution in [0, 0.1) is 0 Å². The van der Waals surface area contributed by atoms with Crippen LogP contribution < -0.4 is 23.7 Å². The van der Waals surface area contributed by atoms with Gasteiger partial charge in [0.2, 0.25) is 12.5 Å². The predicted octanol–water partition coefficient (Wildman–Crippen LogP) is 3.27. The van der Waals surface area contributed by atoms with Crippen LogP contribution in [0.1, 0.15) is 11.1 Å². The molecular formula is C22H25NO6. The molecule has 0 unspecified atom stereocenters. The molecule has 2 aliphatic rings. The summed E-state index contributed by atoms with van der Waals surface area (Å²) in [7, 11) is 4.85. The van der Waals surface area contributed by atoms with Gasteiger partial charge in [0, 0.05) is 24.4 Å². The Morgan fingerprint density at radius 2 is 1.59 bits per heavy atom. The molecule has 0 radical (unpaired) electrons. The summed E-state index contributed by atoms with van der Waals surface area (Å²) in [6.45, 7) is 3.22. The Kier molecular flexibility index (Phi) is 5.67. The summed E-state index contributed by atoms with van der Waals surface area (Å²) >= 11 is 0. The molecule has 0 N–H and O–H groups in total. The molecule has 1 fully saturated rings. The van der Waals surface area contributed by atoms with E-state index in [0.29, 0.717) is 30.5 Å². The zero-order chi connectivity index (χ0) is 20.2. The van der Waals surface area contributed by atoms with Crippen molar-refractivity contribution >= 4 is 11.8 Å². The maximum absolute atomic E-state index is 5.56. The van der Waals surface area contributed by atoms with Crippen LogP contribution in [0.3, 0.4) is 0 Å². The van der Waals surface area contributed by atoms with Crippen LogP contribution in [0.2, 0.25) is 0 Å². The third kappa shape index (κ3) is 3.91. The van der Waals surface area contributed by atoms with Gasteiger partial charge in [-0.05, 0) is 35.9 Å². The van der Waals surface area contributed by atoms with Crippen molar-refractivity contribution in [3.63, 3.8) is 0 Å². The van der Waals surface area contributed by atoms with Crippen molar-refractivity contribution in [3.8, 4) is 28.7 Å². The van der Waals surface area contributed by atoms with E-state index in [1.165, 1.54) is 0 Å². The fraction of sp³-hybridized carbons (Fsp3) is 0.364. The molecule has 0 amide bonds. The van der Waals surface area contributed by atoms with Crippen LogP contribution in [0.5, 0.6) is 28.7 Å². The number of methoxy groups -OCH3 is 3. The maximum Gasteiger partial charge on any atom is 0.231 e. The second-order valence-electron chi connectivity index (χ2n) is 6.66. The lowest BCUT2D eigenvalue weighted by Crippen LogP contribution is -2.34. The summed E-state index contributed by atoms with van der Waals surface area (Å²) in [5.74, 6) is 3.33. The van der Waals surface area contributed by atoms with Gasteiger partial charge in [-0.3, -0.25) is 0 Å². The lowest BCUT2D eigenvalue weighted by atomic mass is 10.0. The van der Waals surface area contributed by atoms with Crippen LogP contribution in [-0.4, -0.2) is 59.3 Å². The molecule has 154 valence electrons. The summed E-state index contributed by atoms with van der Waals surface area (Å²) < 4.78 is 33.1. The van der Waals surface area contributed by atoms with E-state index in [-0.39, 0.29) is 6.79 Å². The fourth-order valence-corrected chi connectivity index (χ4v) is 3.55. The fourth-order valence-electron chi connectivity index (χ4n) is 3.55. The lowest BCUT2D eigenvalue weighted by molar-refractivity contribution is 0.0642. The Balaban J connectivity index is 1.80. The SMILES string of the molecule is COc1cc(/C(=C/c2ccc3c(c2)OCO3)N2CCOCC2)cc(OC)c1OC. The molecule has 7 nitrogen and oxygen atoms in total. The highest BCUT2D eigenvalue weighted by Gasteiger charge is 2.21. The van der Waals surface area contributed by atoms with Crippen LogP contribution in [0.25, 0.3) is 11.8 Å². The molecule has 2 heterocycles. The average molecular weight is 399 g/mol. The highest BCUT2D eigenvalue weighted by Crippen LogP contribution is 2.41. The van der Waals surface area contributed by atoms with Crippen molar-refractivity contribution in [1.82, 2.24) is 4.90 Å². The molecule has 0 aliphatic carbocycles. The van der Waals surface area contributed by atoms with Gasteiger partial charge in [0.15, 0.2) is 23.0 Å². The van der Waals surface area contributed by atoms with E-state index >= 15 is 0 Å². The number of morpholine rings is 1. The lowest BCUT2D eigenvalue weighted by Gasteiger charge is -2.32. The van der Waals surface area contributed by atoms with Crippen LogP contribution >= 0.6 is 0 Å². The smallest absolute Gasteiger partial charge is 0.231 e. The molecule has 2 aromatic rings. The quantitative estimate of drug-likeness (QED) is 0.691. The van der Waals surface area contributed by atoms with Gasteiger partial charge in [0.05, 0.1) is 34.5 Å². The number of ether oxygens (including phenoxy) is 6. The number of hydrogen-bond acceptors (Lipinski definition) is 7. The maximum atomic E-state index is 5.56. The predicted molar refractivity (Wildman–Crippen MR) is 109 cm³/mol. The normalized spacial score (nSPS) is 16.0. The first-order chi connectivity index (χ1) is 14.2. The molecular weight excluding hydrogens is 374 g/mol. The van der Waals surface area contributed by atoms with Crippen molar-refractivity contribution < 1.29 is 28.4 Å². The van der Waals surface area contributed by atoms with Crippen molar-refractivity contribution in [2.75, 3.05) is 54.4 Å². The summed E-state index contributed by atoms with van der Waals surface area (Å²) in [5, 5.41) is 0. The molecule has 0 atom stereocenters. The summed E-state index contributed by atoms with van der Waals surface area (Å²) in [5.41, 5.74) is 3.04. The van der Waals surface area contributed by atoms with E-state index in [0.717, 1.165) is 41.4 Å².